The Morgan fingerprint density at radius 2 is 2.33 bits per heavy atom. The van der Waals surface area contributed by atoms with Gasteiger partial charge in [-0.25, -0.2) is 0 Å². The highest BCUT2D eigenvalue weighted by Gasteiger charge is 2.46. The second kappa shape index (κ2) is 1.86. The van der Waals surface area contributed by atoms with Crippen LogP contribution in [-0.2, 0) is 0 Å². The summed E-state index contributed by atoms with van der Waals surface area (Å²) in [6.07, 6.45) is 7.91. The summed E-state index contributed by atoms with van der Waals surface area (Å²) in [5.41, 5.74) is 0. The van der Waals surface area contributed by atoms with E-state index in [-0.39, 0.29) is 0 Å². The molecular weight excluding hydrogens is 108 g/mol. The topological polar surface area (TPSA) is 0 Å². The number of rotatable bonds is 2. The molecule has 3 atom stereocenters. The van der Waals surface area contributed by atoms with Crippen LogP contribution >= 0.6 is 0 Å². The fourth-order valence-electron chi connectivity index (χ4n) is 2.33. The Balaban J connectivity index is 1.90. The predicted octanol–water partition coefficient (Wildman–Crippen LogP) is 2.61. The third-order valence-corrected chi connectivity index (χ3v) is 2.96. The van der Waals surface area contributed by atoms with Crippen LogP contribution in [0.15, 0.2) is 12.7 Å². The molecular formula is C9H14. The number of hydrogen-bond acceptors (Lipinski definition) is 0. The molecule has 0 saturated heterocycles. The lowest BCUT2D eigenvalue weighted by molar-refractivity contribution is 0.487. The average molecular weight is 122 g/mol. The second-order valence-electron chi connectivity index (χ2n) is 3.52. The molecule has 50 valence electrons. The Hall–Kier alpha value is -0.260. The van der Waals surface area contributed by atoms with Crippen molar-refractivity contribution < 1.29 is 0 Å². The van der Waals surface area contributed by atoms with Crippen molar-refractivity contribution in [2.45, 2.75) is 25.7 Å². The highest BCUT2D eigenvalue weighted by Crippen LogP contribution is 2.56. The van der Waals surface area contributed by atoms with E-state index in [0.29, 0.717) is 0 Å². The van der Waals surface area contributed by atoms with Crippen molar-refractivity contribution in [2.75, 3.05) is 0 Å². The van der Waals surface area contributed by atoms with Crippen molar-refractivity contribution in [2.24, 2.45) is 17.8 Å². The van der Waals surface area contributed by atoms with Crippen LogP contribution in [0.25, 0.3) is 0 Å². The van der Waals surface area contributed by atoms with Gasteiger partial charge in [-0.05, 0) is 43.4 Å². The van der Waals surface area contributed by atoms with Crippen LogP contribution in [0.1, 0.15) is 25.7 Å². The summed E-state index contributed by atoms with van der Waals surface area (Å²) >= 11 is 0. The largest absolute Gasteiger partial charge is 0.103 e. The lowest BCUT2D eigenvalue weighted by atomic mass is 10.00. The van der Waals surface area contributed by atoms with Gasteiger partial charge in [0.05, 0.1) is 0 Å². The summed E-state index contributed by atoms with van der Waals surface area (Å²) in [5.74, 6) is 3.31. The Bertz CT molecular complexity index is 126. The Kier molecular flexibility index (Phi) is 1.14. The van der Waals surface area contributed by atoms with Gasteiger partial charge >= 0.3 is 0 Å². The van der Waals surface area contributed by atoms with Crippen molar-refractivity contribution in [3.8, 4) is 0 Å². The predicted molar refractivity (Wildman–Crippen MR) is 39.1 cm³/mol. The van der Waals surface area contributed by atoms with E-state index in [0.717, 1.165) is 17.8 Å². The molecule has 0 nitrogen and oxygen atoms in total. The van der Waals surface area contributed by atoms with Crippen LogP contribution in [0.4, 0.5) is 0 Å². The van der Waals surface area contributed by atoms with Gasteiger partial charge in [-0.2, -0.15) is 0 Å². The van der Waals surface area contributed by atoms with Crippen LogP contribution in [0, 0.1) is 17.8 Å². The van der Waals surface area contributed by atoms with Crippen molar-refractivity contribution in [1.29, 1.82) is 0 Å². The summed E-state index contributed by atoms with van der Waals surface area (Å²) in [7, 11) is 0. The van der Waals surface area contributed by atoms with E-state index in [2.05, 4.69) is 12.7 Å². The molecule has 2 aliphatic rings. The maximum atomic E-state index is 3.78. The molecule has 0 aromatic carbocycles. The fourth-order valence-corrected chi connectivity index (χ4v) is 2.33. The highest BCUT2D eigenvalue weighted by molar-refractivity contribution is 4.99. The molecule has 0 aliphatic heterocycles. The van der Waals surface area contributed by atoms with Crippen LogP contribution in [0.3, 0.4) is 0 Å². The van der Waals surface area contributed by atoms with Gasteiger partial charge in [0.1, 0.15) is 0 Å². The SMILES string of the molecule is C=CC[C@H]1CC[C@H]2C[C@@H]12. The van der Waals surface area contributed by atoms with E-state index in [9.17, 15) is 0 Å². The van der Waals surface area contributed by atoms with E-state index in [4.69, 9.17) is 0 Å². The Labute approximate surface area is 57.0 Å². The maximum absolute atomic E-state index is 3.78. The summed E-state index contributed by atoms with van der Waals surface area (Å²) in [6.45, 7) is 3.78. The molecule has 0 aromatic rings. The van der Waals surface area contributed by atoms with Crippen molar-refractivity contribution in [3.05, 3.63) is 12.7 Å². The molecule has 2 saturated carbocycles. The van der Waals surface area contributed by atoms with E-state index in [1.165, 1.54) is 19.3 Å². The fraction of sp³-hybridized carbons (Fsp3) is 0.778. The zero-order valence-corrected chi connectivity index (χ0v) is 5.84. The minimum Gasteiger partial charge on any atom is -0.103 e. The Morgan fingerprint density at radius 3 is 2.78 bits per heavy atom. The Morgan fingerprint density at radius 1 is 1.44 bits per heavy atom. The van der Waals surface area contributed by atoms with Gasteiger partial charge in [0.15, 0.2) is 0 Å². The van der Waals surface area contributed by atoms with Crippen LogP contribution in [0.5, 0.6) is 0 Å². The van der Waals surface area contributed by atoms with Gasteiger partial charge < -0.3 is 0 Å². The molecule has 9 heavy (non-hydrogen) atoms. The summed E-state index contributed by atoms with van der Waals surface area (Å²) < 4.78 is 0. The monoisotopic (exact) mass is 122 g/mol. The third-order valence-electron chi connectivity index (χ3n) is 2.96. The molecule has 0 N–H and O–H groups in total. The molecule has 0 aromatic heterocycles. The van der Waals surface area contributed by atoms with Gasteiger partial charge in [0.2, 0.25) is 0 Å². The van der Waals surface area contributed by atoms with E-state index in [1.807, 2.05) is 0 Å². The van der Waals surface area contributed by atoms with Gasteiger partial charge in [-0.1, -0.05) is 6.08 Å². The standard InChI is InChI=1S/C9H14/c1-2-3-7-4-5-8-6-9(7)8/h2,7-9H,1,3-6H2/t7-,8-,9-/m0/s1. The van der Waals surface area contributed by atoms with Crippen molar-refractivity contribution in [1.82, 2.24) is 0 Å². The van der Waals surface area contributed by atoms with Crippen LogP contribution in [-0.4, -0.2) is 0 Å². The normalized spacial score (nSPS) is 46.4. The van der Waals surface area contributed by atoms with Crippen molar-refractivity contribution >= 4 is 0 Å². The van der Waals surface area contributed by atoms with Gasteiger partial charge in [-0.15, -0.1) is 6.58 Å². The molecule has 0 unspecified atom stereocenters. The van der Waals surface area contributed by atoms with Gasteiger partial charge in [0, 0.05) is 0 Å². The number of hydrogen-bond donors (Lipinski definition) is 0. The lowest BCUT2D eigenvalue weighted by Gasteiger charge is -2.05. The first-order valence-corrected chi connectivity index (χ1v) is 4.02. The molecule has 0 heterocycles. The molecule has 0 amide bonds. The zero-order chi connectivity index (χ0) is 6.27. The molecule has 0 spiro atoms. The summed E-state index contributed by atoms with van der Waals surface area (Å²) in [4.78, 5) is 0. The van der Waals surface area contributed by atoms with Gasteiger partial charge in [0.25, 0.3) is 0 Å². The number of fused-ring (bicyclic) bond motifs is 1. The second-order valence-corrected chi connectivity index (χ2v) is 3.52. The molecule has 0 bridgehead atoms. The van der Waals surface area contributed by atoms with Crippen LogP contribution in [0.2, 0.25) is 0 Å². The zero-order valence-electron chi connectivity index (χ0n) is 5.84. The molecule has 2 fully saturated rings. The highest BCUT2D eigenvalue weighted by atomic mass is 14.5. The lowest BCUT2D eigenvalue weighted by Crippen LogP contribution is -1.95. The quantitative estimate of drug-likeness (QED) is 0.494. The van der Waals surface area contributed by atoms with Gasteiger partial charge in [-0.3, -0.25) is 0 Å². The average Bonchev–Trinajstić information content (AvgIpc) is 2.54. The molecule has 2 aliphatic carbocycles. The first-order valence-electron chi connectivity index (χ1n) is 4.02. The van der Waals surface area contributed by atoms with E-state index < -0.39 is 0 Å². The molecule has 0 radical (unpaired) electrons. The minimum atomic E-state index is 1.03. The number of allylic oxidation sites excluding steroid dienone is 1. The molecule has 0 heteroatoms. The van der Waals surface area contributed by atoms with E-state index in [1.54, 1.807) is 6.42 Å². The maximum Gasteiger partial charge on any atom is -0.0322 e. The molecule has 2 rings (SSSR count). The summed E-state index contributed by atoms with van der Waals surface area (Å²) in [6, 6.07) is 0. The van der Waals surface area contributed by atoms with Crippen molar-refractivity contribution in [3.63, 3.8) is 0 Å². The van der Waals surface area contributed by atoms with E-state index >= 15 is 0 Å². The first-order chi connectivity index (χ1) is 4.42. The first kappa shape index (κ1) is 5.52. The smallest absolute Gasteiger partial charge is 0.0322 e. The third kappa shape index (κ3) is 0.810. The van der Waals surface area contributed by atoms with Crippen LogP contribution < -0.4 is 0 Å². The minimum absolute atomic E-state index is 1.03. The summed E-state index contributed by atoms with van der Waals surface area (Å²) in [5, 5.41) is 0.